The molecule has 0 aliphatic carbocycles. The van der Waals surface area contributed by atoms with Crippen LogP contribution in [0, 0.1) is 5.82 Å². The van der Waals surface area contributed by atoms with Gasteiger partial charge in [0.05, 0.1) is 12.5 Å². The van der Waals surface area contributed by atoms with Gasteiger partial charge in [0.15, 0.2) is 11.6 Å². The first-order valence-corrected chi connectivity index (χ1v) is 5.42. The van der Waals surface area contributed by atoms with Gasteiger partial charge in [0.25, 0.3) is 0 Å². The number of aromatic nitrogens is 2. The SMILES string of the molecule is Fc1cnc(OCc2ccco2)nc1NCC(F)(F)F. The Morgan fingerprint density at radius 3 is 2.80 bits per heavy atom. The van der Waals surface area contributed by atoms with Crippen LogP contribution < -0.4 is 10.1 Å². The smallest absolute Gasteiger partial charge is 0.405 e. The molecule has 0 aliphatic rings. The fraction of sp³-hybridized carbons (Fsp3) is 0.273. The minimum absolute atomic E-state index is 0.0165. The van der Waals surface area contributed by atoms with E-state index in [1.54, 1.807) is 12.1 Å². The van der Waals surface area contributed by atoms with E-state index in [-0.39, 0.29) is 12.6 Å². The number of nitrogens with zero attached hydrogens (tertiary/aromatic N) is 2. The van der Waals surface area contributed by atoms with E-state index in [9.17, 15) is 17.6 Å². The number of rotatable bonds is 5. The van der Waals surface area contributed by atoms with Crippen LogP contribution in [-0.4, -0.2) is 22.7 Å². The molecule has 9 heteroatoms. The molecule has 0 aliphatic heterocycles. The normalized spacial score (nSPS) is 11.4. The minimum atomic E-state index is -4.48. The maximum absolute atomic E-state index is 13.2. The van der Waals surface area contributed by atoms with E-state index in [0.29, 0.717) is 5.76 Å². The Morgan fingerprint density at radius 2 is 2.15 bits per heavy atom. The molecule has 0 atom stereocenters. The highest BCUT2D eigenvalue weighted by Gasteiger charge is 2.27. The second kappa shape index (κ2) is 5.76. The highest BCUT2D eigenvalue weighted by molar-refractivity contribution is 5.36. The molecule has 0 spiro atoms. The molecule has 1 N–H and O–H groups in total. The van der Waals surface area contributed by atoms with Gasteiger partial charge in [-0.15, -0.1) is 0 Å². The van der Waals surface area contributed by atoms with Crippen LogP contribution in [0.25, 0.3) is 0 Å². The van der Waals surface area contributed by atoms with Gasteiger partial charge < -0.3 is 14.5 Å². The first kappa shape index (κ1) is 14.1. The standard InChI is InChI=1S/C11H9F4N3O2/c12-8-4-16-10(20-5-7-2-1-3-19-7)18-9(8)17-6-11(13,14)15/h1-4H,5-6H2,(H,16,17,18). The molecule has 0 saturated heterocycles. The molecular weight excluding hydrogens is 282 g/mol. The number of hydrogen-bond donors (Lipinski definition) is 1. The average molecular weight is 291 g/mol. The summed E-state index contributed by atoms with van der Waals surface area (Å²) in [5.41, 5.74) is 0. The molecule has 2 aromatic rings. The third kappa shape index (κ3) is 4.11. The number of furan rings is 1. The first-order valence-electron chi connectivity index (χ1n) is 5.42. The minimum Gasteiger partial charge on any atom is -0.466 e. The monoisotopic (exact) mass is 291 g/mol. The summed E-state index contributed by atoms with van der Waals surface area (Å²) in [5.74, 6) is -1.10. The Labute approximate surface area is 110 Å². The van der Waals surface area contributed by atoms with Crippen molar-refractivity contribution in [3.8, 4) is 6.01 Å². The van der Waals surface area contributed by atoms with E-state index in [2.05, 4.69) is 9.97 Å². The Bertz CT molecular complexity index is 557. The topological polar surface area (TPSA) is 60.2 Å². The fourth-order valence-electron chi connectivity index (χ4n) is 1.26. The van der Waals surface area contributed by atoms with Crippen molar-refractivity contribution >= 4 is 5.82 Å². The molecule has 0 fully saturated rings. The molecule has 2 heterocycles. The number of ether oxygens (including phenoxy) is 1. The number of alkyl halides is 3. The molecule has 2 rings (SSSR count). The van der Waals surface area contributed by atoms with Crippen LogP contribution >= 0.6 is 0 Å². The Morgan fingerprint density at radius 1 is 1.35 bits per heavy atom. The fourth-order valence-corrected chi connectivity index (χ4v) is 1.26. The molecule has 0 amide bonds. The molecular formula is C11H9F4N3O2. The van der Waals surface area contributed by atoms with Crippen LogP contribution in [0.3, 0.4) is 0 Å². The lowest BCUT2D eigenvalue weighted by atomic mass is 10.5. The summed E-state index contributed by atoms with van der Waals surface area (Å²) in [6.07, 6.45) is -2.32. The van der Waals surface area contributed by atoms with E-state index in [1.165, 1.54) is 6.26 Å². The van der Waals surface area contributed by atoms with E-state index in [1.807, 2.05) is 5.32 Å². The van der Waals surface area contributed by atoms with Gasteiger partial charge in [-0.3, -0.25) is 0 Å². The lowest BCUT2D eigenvalue weighted by molar-refractivity contribution is -0.115. The Hall–Kier alpha value is -2.32. The molecule has 0 aromatic carbocycles. The zero-order chi connectivity index (χ0) is 14.6. The van der Waals surface area contributed by atoms with Gasteiger partial charge in [0, 0.05) is 0 Å². The molecule has 108 valence electrons. The summed E-state index contributed by atoms with van der Waals surface area (Å²) < 4.78 is 59.4. The lowest BCUT2D eigenvalue weighted by Gasteiger charge is -2.10. The van der Waals surface area contributed by atoms with Gasteiger partial charge in [-0.05, 0) is 12.1 Å². The van der Waals surface area contributed by atoms with Gasteiger partial charge in [-0.1, -0.05) is 0 Å². The van der Waals surface area contributed by atoms with Crippen molar-refractivity contribution in [1.29, 1.82) is 0 Å². The van der Waals surface area contributed by atoms with Gasteiger partial charge in [0.1, 0.15) is 18.9 Å². The zero-order valence-electron chi connectivity index (χ0n) is 9.95. The van der Waals surface area contributed by atoms with Crippen LogP contribution in [0.4, 0.5) is 23.4 Å². The summed E-state index contributed by atoms with van der Waals surface area (Å²) >= 11 is 0. The summed E-state index contributed by atoms with van der Waals surface area (Å²) in [6.45, 7) is -1.42. The summed E-state index contributed by atoms with van der Waals surface area (Å²) in [6, 6.07) is 3.01. The maximum atomic E-state index is 13.2. The second-order valence-corrected chi connectivity index (χ2v) is 3.69. The molecule has 0 bridgehead atoms. The third-order valence-electron chi connectivity index (χ3n) is 2.10. The van der Waals surface area contributed by atoms with Crippen molar-refractivity contribution < 1.29 is 26.7 Å². The average Bonchev–Trinajstić information content (AvgIpc) is 2.88. The van der Waals surface area contributed by atoms with Gasteiger partial charge >= 0.3 is 12.2 Å². The number of hydrogen-bond acceptors (Lipinski definition) is 5. The van der Waals surface area contributed by atoms with E-state index >= 15 is 0 Å². The first-order chi connectivity index (χ1) is 9.44. The second-order valence-electron chi connectivity index (χ2n) is 3.69. The Kier molecular flexibility index (Phi) is 4.06. The lowest BCUT2D eigenvalue weighted by Crippen LogP contribution is -2.22. The summed E-state index contributed by atoms with van der Waals surface area (Å²) in [4.78, 5) is 7.03. The highest BCUT2D eigenvalue weighted by atomic mass is 19.4. The highest BCUT2D eigenvalue weighted by Crippen LogP contribution is 2.18. The van der Waals surface area contributed by atoms with E-state index in [4.69, 9.17) is 9.15 Å². The van der Waals surface area contributed by atoms with Crippen molar-refractivity contribution in [3.63, 3.8) is 0 Å². The van der Waals surface area contributed by atoms with Crippen LogP contribution in [0.1, 0.15) is 5.76 Å². The van der Waals surface area contributed by atoms with Crippen molar-refractivity contribution in [2.75, 3.05) is 11.9 Å². The number of halogens is 4. The molecule has 2 aromatic heterocycles. The Balaban J connectivity index is 2.00. The van der Waals surface area contributed by atoms with Crippen molar-refractivity contribution in [2.24, 2.45) is 0 Å². The van der Waals surface area contributed by atoms with Crippen LogP contribution in [0.15, 0.2) is 29.0 Å². The number of nitrogens with one attached hydrogen (secondary N) is 1. The third-order valence-corrected chi connectivity index (χ3v) is 2.10. The van der Waals surface area contributed by atoms with E-state index < -0.39 is 24.4 Å². The summed E-state index contributed by atoms with van der Waals surface area (Å²) in [7, 11) is 0. The van der Waals surface area contributed by atoms with Crippen molar-refractivity contribution in [3.05, 3.63) is 36.2 Å². The van der Waals surface area contributed by atoms with Crippen molar-refractivity contribution in [2.45, 2.75) is 12.8 Å². The van der Waals surface area contributed by atoms with Crippen LogP contribution in [0.5, 0.6) is 6.01 Å². The molecule has 0 saturated carbocycles. The molecule has 20 heavy (non-hydrogen) atoms. The molecule has 0 radical (unpaired) electrons. The predicted octanol–water partition coefficient (Wildman–Crippen LogP) is 2.76. The van der Waals surface area contributed by atoms with Gasteiger partial charge in [0.2, 0.25) is 0 Å². The predicted molar refractivity (Wildman–Crippen MR) is 59.6 cm³/mol. The maximum Gasteiger partial charge on any atom is 0.405 e. The van der Waals surface area contributed by atoms with Gasteiger partial charge in [-0.2, -0.15) is 18.2 Å². The zero-order valence-corrected chi connectivity index (χ0v) is 9.95. The number of anilines is 1. The molecule has 5 nitrogen and oxygen atoms in total. The van der Waals surface area contributed by atoms with Crippen LogP contribution in [-0.2, 0) is 6.61 Å². The summed E-state index contributed by atoms with van der Waals surface area (Å²) in [5, 5.41) is 1.83. The van der Waals surface area contributed by atoms with Crippen molar-refractivity contribution in [1.82, 2.24) is 9.97 Å². The molecule has 0 unspecified atom stereocenters. The largest absolute Gasteiger partial charge is 0.466 e. The van der Waals surface area contributed by atoms with E-state index in [0.717, 1.165) is 6.20 Å². The quantitative estimate of drug-likeness (QED) is 0.858. The van der Waals surface area contributed by atoms with Crippen LogP contribution in [0.2, 0.25) is 0 Å². The van der Waals surface area contributed by atoms with Gasteiger partial charge in [-0.25, -0.2) is 9.37 Å².